The van der Waals surface area contributed by atoms with Gasteiger partial charge in [0.15, 0.2) is 0 Å². The van der Waals surface area contributed by atoms with Crippen molar-refractivity contribution in [3.05, 3.63) is 42.6 Å². The van der Waals surface area contributed by atoms with E-state index in [1.165, 1.54) is 0 Å². The summed E-state index contributed by atoms with van der Waals surface area (Å²) in [4.78, 5) is 11.4. The molecule has 0 saturated carbocycles. The van der Waals surface area contributed by atoms with E-state index in [1.807, 2.05) is 69.2 Å². The molecule has 1 fully saturated rings. The Morgan fingerprint density at radius 3 is 2.56 bits per heavy atom. The molecule has 0 unspecified atom stereocenters. The summed E-state index contributed by atoms with van der Waals surface area (Å²) in [6.45, 7) is 7.02. The summed E-state index contributed by atoms with van der Waals surface area (Å²) >= 11 is 0. The van der Waals surface area contributed by atoms with Gasteiger partial charge in [0.1, 0.15) is 17.7 Å². The maximum Gasteiger partial charge on any atom is 0.134 e. The number of phenols is 1. The Hall–Kier alpha value is -3.26. The number of nitrogens with one attached hydrogen (secondary N) is 1. The number of anilines is 1. The molecule has 1 saturated heterocycles. The van der Waals surface area contributed by atoms with E-state index < -0.39 is 6.17 Å². The summed E-state index contributed by atoms with van der Waals surface area (Å²) in [6, 6.07) is 10.8. The van der Waals surface area contributed by atoms with Crippen LogP contribution in [0.2, 0.25) is 0 Å². The van der Waals surface area contributed by atoms with E-state index in [0.29, 0.717) is 24.3 Å². The normalized spacial score (nSPS) is 19.3. The highest BCUT2D eigenvalue weighted by atomic mass is 19.1. The predicted molar refractivity (Wildman–Crippen MR) is 125 cm³/mol. The van der Waals surface area contributed by atoms with Crippen LogP contribution in [0.5, 0.6) is 5.75 Å². The van der Waals surface area contributed by atoms with Crippen LogP contribution in [0.4, 0.5) is 10.2 Å². The second-order valence-corrected chi connectivity index (χ2v) is 9.56. The van der Waals surface area contributed by atoms with Gasteiger partial charge in [-0.3, -0.25) is 4.68 Å². The van der Waals surface area contributed by atoms with Gasteiger partial charge in [0, 0.05) is 42.3 Å². The van der Waals surface area contributed by atoms with Crippen LogP contribution in [0.1, 0.15) is 20.8 Å². The lowest BCUT2D eigenvalue weighted by atomic mass is 10.1. The summed E-state index contributed by atoms with van der Waals surface area (Å²) in [6.07, 6.45) is 0.959. The van der Waals surface area contributed by atoms with Crippen LogP contribution >= 0.6 is 0 Å². The van der Waals surface area contributed by atoms with Gasteiger partial charge in [0.25, 0.3) is 0 Å². The number of rotatable bonds is 3. The molecule has 0 amide bonds. The minimum absolute atomic E-state index is 0.135. The molecule has 1 aromatic carbocycles. The van der Waals surface area contributed by atoms with Gasteiger partial charge >= 0.3 is 0 Å². The van der Waals surface area contributed by atoms with Crippen LogP contribution in [0.15, 0.2) is 42.6 Å². The van der Waals surface area contributed by atoms with Crippen LogP contribution in [0.25, 0.3) is 33.2 Å². The number of phenolic OH excluding ortho intramolecular Hbond substituents is 1. The van der Waals surface area contributed by atoms with Gasteiger partial charge in [0.05, 0.1) is 34.8 Å². The number of fused-ring (bicyclic) bond motifs is 2. The summed E-state index contributed by atoms with van der Waals surface area (Å²) in [5.41, 5.74) is 3.35. The van der Waals surface area contributed by atoms with Crippen molar-refractivity contribution < 1.29 is 9.50 Å². The second kappa shape index (κ2) is 7.41. The van der Waals surface area contributed by atoms with Crippen molar-refractivity contribution in [1.82, 2.24) is 25.1 Å². The van der Waals surface area contributed by atoms with Crippen LogP contribution in [-0.4, -0.2) is 55.7 Å². The lowest BCUT2D eigenvalue weighted by Crippen LogP contribution is -2.48. The molecular formula is C24H27FN6O. The molecule has 3 aromatic heterocycles. The highest BCUT2D eigenvalue weighted by Crippen LogP contribution is 2.33. The van der Waals surface area contributed by atoms with Crippen molar-refractivity contribution in [1.29, 1.82) is 0 Å². The molecule has 1 aliphatic rings. The topological polar surface area (TPSA) is 79.1 Å². The summed E-state index contributed by atoms with van der Waals surface area (Å²) in [7, 11) is 1.85. The Morgan fingerprint density at radius 2 is 1.78 bits per heavy atom. The molecule has 0 bridgehead atoms. The first-order chi connectivity index (χ1) is 15.2. The lowest BCUT2D eigenvalue weighted by molar-refractivity contribution is 0.257. The van der Waals surface area contributed by atoms with Gasteiger partial charge in [0.2, 0.25) is 0 Å². The monoisotopic (exact) mass is 434 g/mol. The van der Waals surface area contributed by atoms with Gasteiger partial charge in [-0.05, 0) is 51.1 Å². The van der Waals surface area contributed by atoms with Gasteiger partial charge in [-0.2, -0.15) is 5.10 Å². The fourth-order valence-electron chi connectivity index (χ4n) is 4.36. The molecule has 5 rings (SSSR count). The molecule has 1 aliphatic heterocycles. The minimum atomic E-state index is -0.947. The van der Waals surface area contributed by atoms with Gasteiger partial charge in [-0.25, -0.2) is 14.4 Å². The molecule has 4 heterocycles. The van der Waals surface area contributed by atoms with Gasteiger partial charge in [-0.15, -0.1) is 0 Å². The number of aromatic hydroxyl groups is 1. The number of pyridine rings is 2. The van der Waals surface area contributed by atoms with E-state index >= 15 is 0 Å². The van der Waals surface area contributed by atoms with Crippen LogP contribution in [0.3, 0.4) is 0 Å². The van der Waals surface area contributed by atoms with Crippen molar-refractivity contribution in [3.63, 3.8) is 0 Å². The first-order valence-corrected chi connectivity index (χ1v) is 10.8. The Labute approximate surface area is 185 Å². The number of benzene rings is 1. The molecule has 0 radical (unpaired) electrons. The quantitative estimate of drug-likeness (QED) is 0.511. The zero-order chi connectivity index (χ0) is 22.6. The van der Waals surface area contributed by atoms with E-state index in [9.17, 15) is 9.50 Å². The van der Waals surface area contributed by atoms with Crippen molar-refractivity contribution in [2.45, 2.75) is 38.5 Å². The SMILES string of the molecule is Cn1cc2cc(-c3ccc4nc(N5C[C@@H](F)[C@H](NC(C)(C)C)C5)ccc4n3)c(O)cc2n1. The number of hydrogen-bond acceptors (Lipinski definition) is 6. The fraction of sp³-hybridized carbons (Fsp3) is 0.375. The zero-order valence-corrected chi connectivity index (χ0v) is 18.7. The third kappa shape index (κ3) is 3.86. The number of aryl methyl sites for hydroxylation is 1. The number of aromatic nitrogens is 4. The van der Waals surface area contributed by atoms with Gasteiger partial charge < -0.3 is 15.3 Å². The van der Waals surface area contributed by atoms with Crippen molar-refractivity contribution in [3.8, 4) is 17.0 Å². The largest absolute Gasteiger partial charge is 0.507 e. The Morgan fingerprint density at radius 1 is 1.03 bits per heavy atom. The van der Waals surface area contributed by atoms with Crippen molar-refractivity contribution >= 4 is 27.8 Å². The molecule has 0 aliphatic carbocycles. The second-order valence-electron chi connectivity index (χ2n) is 9.56. The zero-order valence-electron chi connectivity index (χ0n) is 18.7. The first-order valence-electron chi connectivity index (χ1n) is 10.8. The fourth-order valence-corrected chi connectivity index (χ4v) is 4.36. The first kappa shape index (κ1) is 20.6. The van der Waals surface area contributed by atoms with E-state index in [1.54, 1.807) is 10.7 Å². The molecule has 0 spiro atoms. The Balaban J connectivity index is 1.44. The van der Waals surface area contributed by atoms with E-state index in [4.69, 9.17) is 9.97 Å². The maximum atomic E-state index is 14.6. The van der Waals surface area contributed by atoms with Crippen molar-refractivity contribution in [2.24, 2.45) is 7.05 Å². The molecule has 166 valence electrons. The summed E-state index contributed by atoms with van der Waals surface area (Å²) in [5, 5.41) is 19.1. The molecular weight excluding hydrogens is 407 g/mol. The maximum absolute atomic E-state index is 14.6. The molecule has 4 aromatic rings. The van der Waals surface area contributed by atoms with Gasteiger partial charge in [-0.1, -0.05) is 0 Å². The number of alkyl halides is 1. The molecule has 2 N–H and O–H groups in total. The third-order valence-electron chi connectivity index (χ3n) is 5.73. The van der Waals surface area contributed by atoms with Crippen LogP contribution in [0, 0.1) is 0 Å². The summed E-state index contributed by atoms with van der Waals surface area (Å²) < 4.78 is 16.3. The molecule has 32 heavy (non-hydrogen) atoms. The predicted octanol–water partition coefficient (Wildman–Crippen LogP) is 3.80. The van der Waals surface area contributed by atoms with E-state index in [-0.39, 0.29) is 17.3 Å². The number of hydrogen-bond donors (Lipinski definition) is 2. The average molecular weight is 435 g/mol. The average Bonchev–Trinajstić information content (AvgIpc) is 3.26. The van der Waals surface area contributed by atoms with E-state index in [0.717, 1.165) is 27.8 Å². The Bertz CT molecular complexity index is 1310. The number of halogens is 1. The molecule has 8 heteroatoms. The summed E-state index contributed by atoms with van der Waals surface area (Å²) in [5.74, 6) is 0.878. The Kier molecular flexibility index (Phi) is 4.78. The van der Waals surface area contributed by atoms with Crippen molar-refractivity contribution in [2.75, 3.05) is 18.0 Å². The minimum Gasteiger partial charge on any atom is -0.507 e. The third-order valence-corrected chi connectivity index (χ3v) is 5.73. The molecule has 7 nitrogen and oxygen atoms in total. The lowest BCUT2D eigenvalue weighted by Gasteiger charge is -2.26. The number of nitrogens with zero attached hydrogens (tertiary/aromatic N) is 5. The van der Waals surface area contributed by atoms with Crippen LogP contribution in [-0.2, 0) is 7.05 Å². The molecule has 2 atom stereocenters. The van der Waals surface area contributed by atoms with E-state index in [2.05, 4.69) is 10.4 Å². The highest BCUT2D eigenvalue weighted by Gasteiger charge is 2.35. The smallest absolute Gasteiger partial charge is 0.134 e. The van der Waals surface area contributed by atoms with Crippen LogP contribution < -0.4 is 10.2 Å². The standard InChI is InChI=1S/C24H27FN6O/c1-24(2,3)28-21-13-31(12-16(21)25)23-8-7-18-19(27-23)6-5-17(26-18)15-9-14-11-30(4)29-20(14)10-22(15)32/h5-11,16,21,28,32H,12-13H2,1-4H3/t16-,21-/m1/s1. The highest BCUT2D eigenvalue weighted by molar-refractivity contribution is 5.88.